The van der Waals surface area contributed by atoms with E-state index in [1.54, 1.807) is 18.2 Å². The molecule has 104 valence electrons. The molecule has 0 atom stereocenters. The van der Waals surface area contributed by atoms with Crippen molar-refractivity contribution in [1.29, 1.82) is 0 Å². The molecule has 3 N–H and O–H groups in total. The van der Waals surface area contributed by atoms with Crippen LogP contribution in [0.3, 0.4) is 0 Å². The molecule has 2 rings (SSSR count). The van der Waals surface area contributed by atoms with Gasteiger partial charge in [-0.05, 0) is 31.9 Å². The second-order valence-electron chi connectivity index (χ2n) is 5.33. The van der Waals surface area contributed by atoms with Crippen molar-refractivity contribution in [2.75, 3.05) is 13.6 Å². The van der Waals surface area contributed by atoms with Crippen LogP contribution in [0.5, 0.6) is 0 Å². The Bertz CT molecular complexity index is 475. The number of hydrogen-bond donors (Lipinski definition) is 2. The third kappa shape index (κ3) is 3.49. The van der Waals surface area contributed by atoms with E-state index in [2.05, 4.69) is 4.90 Å². The molecule has 1 aromatic rings. The smallest absolute Gasteiger partial charge is 0.137 e. The minimum Gasteiger partial charge on any atom is -0.393 e. The number of hydrogen-bond acceptors (Lipinski definition) is 3. The molecule has 1 fully saturated rings. The van der Waals surface area contributed by atoms with Gasteiger partial charge in [0.2, 0.25) is 0 Å². The zero-order valence-electron chi connectivity index (χ0n) is 11.0. The standard InChI is InChI=1S/C14H19FN2OS/c1-17(7-9-5-11(18)6-9)8-10-3-2-4-12(13(10)15)14(16)19/h2-4,9,11,18H,5-8H2,1H3,(H2,16,19). The molecule has 0 spiro atoms. The third-order valence-electron chi connectivity index (χ3n) is 3.57. The summed E-state index contributed by atoms with van der Waals surface area (Å²) in [6.07, 6.45) is 1.55. The van der Waals surface area contributed by atoms with Crippen LogP contribution in [-0.2, 0) is 6.54 Å². The fourth-order valence-electron chi connectivity index (χ4n) is 2.54. The Morgan fingerprint density at radius 2 is 2.21 bits per heavy atom. The van der Waals surface area contributed by atoms with E-state index in [9.17, 15) is 9.50 Å². The van der Waals surface area contributed by atoms with E-state index in [0.29, 0.717) is 23.6 Å². The van der Waals surface area contributed by atoms with Crippen LogP contribution >= 0.6 is 12.2 Å². The fourth-order valence-corrected chi connectivity index (χ4v) is 2.70. The van der Waals surface area contributed by atoms with Gasteiger partial charge in [-0.3, -0.25) is 0 Å². The van der Waals surface area contributed by atoms with Gasteiger partial charge in [0.1, 0.15) is 10.8 Å². The molecular weight excluding hydrogens is 263 g/mol. The first-order chi connectivity index (χ1) is 8.97. The third-order valence-corrected chi connectivity index (χ3v) is 3.79. The van der Waals surface area contributed by atoms with E-state index in [0.717, 1.165) is 19.4 Å². The summed E-state index contributed by atoms with van der Waals surface area (Å²) in [6, 6.07) is 5.13. The van der Waals surface area contributed by atoms with Crippen molar-refractivity contribution >= 4 is 17.2 Å². The van der Waals surface area contributed by atoms with Crippen molar-refractivity contribution < 1.29 is 9.50 Å². The van der Waals surface area contributed by atoms with Crippen LogP contribution in [0.1, 0.15) is 24.0 Å². The van der Waals surface area contributed by atoms with E-state index >= 15 is 0 Å². The summed E-state index contributed by atoms with van der Waals surface area (Å²) >= 11 is 4.83. The van der Waals surface area contributed by atoms with Gasteiger partial charge < -0.3 is 15.7 Å². The highest BCUT2D eigenvalue weighted by Crippen LogP contribution is 2.28. The number of thiocarbonyl (C=S) groups is 1. The van der Waals surface area contributed by atoms with Gasteiger partial charge in [-0.2, -0.15) is 0 Å². The maximum absolute atomic E-state index is 14.1. The molecule has 0 aliphatic heterocycles. The predicted octanol–water partition coefficient (Wildman–Crippen LogP) is 1.66. The maximum atomic E-state index is 14.1. The summed E-state index contributed by atoms with van der Waals surface area (Å²) in [7, 11) is 1.96. The molecule has 0 bridgehead atoms. The van der Waals surface area contributed by atoms with Crippen molar-refractivity contribution in [3.05, 3.63) is 35.1 Å². The van der Waals surface area contributed by atoms with Crippen molar-refractivity contribution in [3.8, 4) is 0 Å². The lowest BCUT2D eigenvalue weighted by atomic mass is 9.82. The topological polar surface area (TPSA) is 49.5 Å². The monoisotopic (exact) mass is 282 g/mol. The van der Waals surface area contributed by atoms with E-state index in [1.807, 2.05) is 7.05 Å². The number of halogens is 1. The van der Waals surface area contributed by atoms with E-state index in [-0.39, 0.29) is 16.9 Å². The molecule has 19 heavy (non-hydrogen) atoms. The molecule has 0 heterocycles. The lowest BCUT2D eigenvalue weighted by molar-refractivity contribution is 0.0272. The van der Waals surface area contributed by atoms with Crippen molar-refractivity contribution in [1.82, 2.24) is 4.90 Å². The van der Waals surface area contributed by atoms with Gasteiger partial charge >= 0.3 is 0 Å². The Morgan fingerprint density at radius 1 is 1.53 bits per heavy atom. The number of nitrogens with zero attached hydrogens (tertiary/aromatic N) is 1. The number of aliphatic hydroxyl groups excluding tert-OH is 1. The summed E-state index contributed by atoms with van der Waals surface area (Å²) in [5.41, 5.74) is 6.40. The molecule has 0 radical (unpaired) electrons. The molecule has 1 aromatic carbocycles. The average molecular weight is 282 g/mol. The van der Waals surface area contributed by atoms with Crippen LogP contribution in [0.15, 0.2) is 18.2 Å². The van der Waals surface area contributed by atoms with Gasteiger partial charge in [-0.1, -0.05) is 24.4 Å². The van der Waals surface area contributed by atoms with Crippen molar-refractivity contribution in [2.24, 2.45) is 11.7 Å². The molecule has 0 unspecified atom stereocenters. The Balaban J connectivity index is 1.98. The van der Waals surface area contributed by atoms with Crippen molar-refractivity contribution in [3.63, 3.8) is 0 Å². The van der Waals surface area contributed by atoms with Gasteiger partial charge in [0.15, 0.2) is 0 Å². The normalized spacial score (nSPS) is 22.3. The minimum absolute atomic E-state index is 0.0871. The Hall–Kier alpha value is -1.04. The largest absolute Gasteiger partial charge is 0.393 e. The van der Waals surface area contributed by atoms with E-state index in [4.69, 9.17) is 18.0 Å². The van der Waals surface area contributed by atoms with Crippen LogP contribution in [0, 0.1) is 11.7 Å². The van der Waals surface area contributed by atoms with Crippen LogP contribution in [0.2, 0.25) is 0 Å². The first kappa shape index (κ1) is 14.4. The summed E-state index contributed by atoms with van der Waals surface area (Å²) in [5, 5.41) is 9.26. The Kier molecular flexibility index (Phi) is 4.50. The quantitative estimate of drug-likeness (QED) is 0.807. The minimum atomic E-state index is -0.324. The highest BCUT2D eigenvalue weighted by atomic mass is 32.1. The van der Waals surface area contributed by atoms with Crippen LogP contribution in [-0.4, -0.2) is 34.7 Å². The van der Waals surface area contributed by atoms with Crippen LogP contribution < -0.4 is 5.73 Å². The lowest BCUT2D eigenvalue weighted by Crippen LogP contribution is -2.37. The molecule has 0 saturated heterocycles. The maximum Gasteiger partial charge on any atom is 0.137 e. The van der Waals surface area contributed by atoms with Crippen LogP contribution in [0.4, 0.5) is 4.39 Å². The summed E-state index contributed by atoms with van der Waals surface area (Å²) in [5.74, 6) is 0.192. The zero-order chi connectivity index (χ0) is 14.0. The second kappa shape index (κ2) is 5.94. The van der Waals surface area contributed by atoms with Crippen LogP contribution in [0.25, 0.3) is 0 Å². The molecule has 1 saturated carbocycles. The highest BCUT2D eigenvalue weighted by Gasteiger charge is 2.28. The molecular formula is C14H19FN2OS. The lowest BCUT2D eigenvalue weighted by Gasteiger charge is -2.34. The van der Waals surface area contributed by atoms with E-state index in [1.165, 1.54) is 0 Å². The number of benzene rings is 1. The van der Waals surface area contributed by atoms with Gasteiger partial charge in [-0.25, -0.2) is 4.39 Å². The predicted molar refractivity (Wildman–Crippen MR) is 77.4 cm³/mol. The number of nitrogens with two attached hydrogens (primary N) is 1. The average Bonchev–Trinajstić information content (AvgIpc) is 2.29. The molecule has 0 aromatic heterocycles. The molecule has 0 amide bonds. The van der Waals surface area contributed by atoms with Gasteiger partial charge in [0, 0.05) is 24.2 Å². The van der Waals surface area contributed by atoms with Gasteiger partial charge in [0.25, 0.3) is 0 Å². The Labute approximate surface area is 118 Å². The first-order valence-corrected chi connectivity index (χ1v) is 6.82. The second-order valence-corrected chi connectivity index (χ2v) is 5.77. The molecule has 1 aliphatic carbocycles. The van der Waals surface area contributed by atoms with E-state index < -0.39 is 0 Å². The first-order valence-electron chi connectivity index (χ1n) is 6.41. The summed E-state index contributed by atoms with van der Waals surface area (Å²) < 4.78 is 14.1. The molecule has 3 nitrogen and oxygen atoms in total. The molecule has 1 aliphatic rings. The molecule has 5 heteroatoms. The summed E-state index contributed by atoms with van der Waals surface area (Å²) in [6.45, 7) is 1.39. The summed E-state index contributed by atoms with van der Waals surface area (Å²) in [4.78, 5) is 2.15. The zero-order valence-corrected chi connectivity index (χ0v) is 11.8. The van der Waals surface area contributed by atoms with Gasteiger partial charge in [-0.15, -0.1) is 0 Å². The van der Waals surface area contributed by atoms with Crippen molar-refractivity contribution in [2.45, 2.75) is 25.5 Å². The van der Waals surface area contributed by atoms with Gasteiger partial charge in [0.05, 0.1) is 6.10 Å². The highest BCUT2D eigenvalue weighted by molar-refractivity contribution is 7.80. The fraction of sp³-hybridized carbons (Fsp3) is 0.500. The Morgan fingerprint density at radius 3 is 2.79 bits per heavy atom. The number of aliphatic hydroxyl groups is 1. The SMILES string of the molecule is CN(Cc1cccc(C(N)=S)c1F)CC1CC(O)C1. The number of rotatable bonds is 5.